The molecule has 1 saturated heterocycles. The van der Waals surface area contributed by atoms with Crippen molar-refractivity contribution in [2.75, 3.05) is 19.6 Å². The first-order valence-electron chi connectivity index (χ1n) is 8.21. The number of fused-ring (bicyclic) bond motifs is 3. The van der Waals surface area contributed by atoms with Crippen molar-refractivity contribution >= 4 is 15.9 Å². The van der Waals surface area contributed by atoms with Gasteiger partial charge in [-0.1, -0.05) is 6.07 Å². The molecule has 2 aromatic rings. The summed E-state index contributed by atoms with van der Waals surface area (Å²) in [5.74, 6) is -0.111. The minimum Gasteiger partial charge on any atom is -0.327 e. The molecule has 0 aliphatic carbocycles. The Kier molecular flexibility index (Phi) is 4.00. The van der Waals surface area contributed by atoms with Crippen LogP contribution in [0.3, 0.4) is 0 Å². The highest BCUT2D eigenvalue weighted by atomic mass is 32.2. The van der Waals surface area contributed by atoms with Gasteiger partial charge in [0.05, 0.1) is 17.3 Å². The Morgan fingerprint density at radius 3 is 2.73 bits per heavy atom. The zero-order valence-corrected chi connectivity index (χ0v) is 14.9. The van der Waals surface area contributed by atoms with Gasteiger partial charge in [-0.2, -0.15) is 4.31 Å². The van der Waals surface area contributed by atoms with Gasteiger partial charge in [-0.05, 0) is 25.1 Å². The van der Waals surface area contributed by atoms with E-state index in [0.717, 1.165) is 5.69 Å². The third-order valence-electron chi connectivity index (χ3n) is 4.77. The molecule has 2 aromatic heterocycles. The number of piperazine rings is 1. The lowest BCUT2D eigenvalue weighted by Crippen LogP contribution is -2.49. The number of amides is 1. The fraction of sp³-hybridized carbons (Fsp3) is 0.353. The van der Waals surface area contributed by atoms with Crippen molar-refractivity contribution in [2.24, 2.45) is 0 Å². The van der Waals surface area contributed by atoms with Gasteiger partial charge in [-0.15, -0.1) is 0 Å². The molecule has 0 radical (unpaired) electrons. The molecule has 4 heterocycles. The SMILES string of the molecule is Cc1ccc2c(n1)C1CN(S(=O)(=O)c3ccc(CF)cn3)CCN1C2=O. The van der Waals surface area contributed by atoms with Gasteiger partial charge in [0.2, 0.25) is 0 Å². The van der Waals surface area contributed by atoms with E-state index in [9.17, 15) is 17.6 Å². The number of carbonyl (C=O) groups is 1. The van der Waals surface area contributed by atoms with Gasteiger partial charge in [-0.3, -0.25) is 9.78 Å². The molecule has 136 valence electrons. The van der Waals surface area contributed by atoms with Crippen LogP contribution in [0, 0.1) is 6.92 Å². The van der Waals surface area contributed by atoms with E-state index in [1.54, 1.807) is 17.0 Å². The number of aryl methyl sites for hydroxylation is 1. The molecule has 2 aliphatic heterocycles. The van der Waals surface area contributed by atoms with Gasteiger partial charge in [0.15, 0.2) is 5.03 Å². The van der Waals surface area contributed by atoms with Crippen molar-refractivity contribution < 1.29 is 17.6 Å². The number of sulfonamides is 1. The second-order valence-electron chi connectivity index (χ2n) is 6.40. The van der Waals surface area contributed by atoms with Crippen molar-refractivity contribution in [3.05, 3.63) is 53.0 Å². The first-order valence-corrected chi connectivity index (χ1v) is 9.65. The Hall–Kier alpha value is -2.39. The molecule has 2 aliphatic rings. The quantitative estimate of drug-likeness (QED) is 0.810. The van der Waals surface area contributed by atoms with E-state index < -0.39 is 22.7 Å². The predicted molar refractivity (Wildman–Crippen MR) is 90.6 cm³/mol. The van der Waals surface area contributed by atoms with Gasteiger partial charge < -0.3 is 4.90 Å². The summed E-state index contributed by atoms with van der Waals surface area (Å²) in [7, 11) is -3.82. The molecule has 26 heavy (non-hydrogen) atoms. The molecule has 4 rings (SSSR count). The van der Waals surface area contributed by atoms with Crippen LogP contribution < -0.4 is 0 Å². The van der Waals surface area contributed by atoms with Crippen LogP contribution in [0.2, 0.25) is 0 Å². The van der Waals surface area contributed by atoms with E-state index in [1.165, 1.54) is 22.6 Å². The highest BCUT2D eigenvalue weighted by molar-refractivity contribution is 7.89. The highest BCUT2D eigenvalue weighted by Gasteiger charge is 2.44. The topological polar surface area (TPSA) is 83.5 Å². The maximum Gasteiger partial charge on any atom is 0.260 e. The summed E-state index contributed by atoms with van der Waals surface area (Å²) in [4.78, 5) is 22.5. The second kappa shape index (κ2) is 6.10. The summed E-state index contributed by atoms with van der Waals surface area (Å²) in [6.07, 6.45) is 1.22. The van der Waals surface area contributed by atoms with Crippen molar-refractivity contribution in [3.63, 3.8) is 0 Å². The molecule has 1 atom stereocenters. The molecular weight excluding hydrogens is 359 g/mol. The molecule has 7 nitrogen and oxygen atoms in total. The fourth-order valence-electron chi connectivity index (χ4n) is 3.39. The first-order chi connectivity index (χ1) is 12.4. The molecule has 0 saturated carbocycles. The number of pyridine rings is 2. The first kappa shape index (κ1) is 17.0. The molecule has 0 spiro atoms. The Bertz CT molecular complexity index is 978. The number of carbonyl (C=O) groups excluding carboxylic acids is 1. The number of halogens is 1. The van der Waals surface area contributed by atoms with Crippen molar-refractivity contribution in [1.82, 2.24) is 19.2 Å². The summed E-state index contributed by atoms with van der Waals surface area (Å²) in [5.41, 5.74) is 2.26. The summed E-state index contributed by atoms with van der Waals surface area (Å²) in [5, 5.41) is -0.120. The lowest BCUT2D eigenvalue weighted by molar-refractivity contribution is 0.0625. The number of rotatable bonds is 3. The Morgan fingerprint density at radius 2 is 2.04 bits per heavy atom. The Balaban J connectivity index is 1.65. The van der Waals surface area contributed by atoms with Crippen LogP contribution in [0.25, 0.3) is 0 Å². The summed E-state index contributed by atoms with van der Waals surface area (Å²) in [6.45, 7) is 1.74. The Morgan fingerprint density at radius 1 is 1.23 bits per heavy atom. The van der Waals surface area contributed by atoms with Crippen LogP contribution in [-0.2, 0) is 16.7 Å². The normalized spacial score (nSPS) is 20.2. The number of hydrogen-bond donors (Lipinski definition) is 0. The van der Waals surface area contributed by atoms with E-state index in [2.05, 4.69) is 9.97 Å². The third-order valence-corrected chi connectivity index (χ3v) is 6.55. The van der Waals surface area contributed by atoms with Crippen LogP contribution in [0.5, 0.6) is 0 Å². The van der Waals surface area contributed by atoms with Crippen molar-refractivity contribution in [1.29, 1.82) is 0 Å². The molecular formula is C17H17FN4O3S. The molecule has 1 fully saturated rings. The van der Waals surface area contributed by atoms with E-state index >= 15 is 0 Å². The summed E-state index contributed by atoms with van der Waals surface area (Å²) >= 11 is 0. The minimum atomic E-state index is -3.82. The number of aromatic nitrogens is 2. The zero-order valence-electron chi connectivity index (χ0n) is 14.1. The number of nitrogens with zero attached hydrogens (tertiary/aromatic N) is 4. The molecule has 0 aromatic carbocycles. The van der Waals surface area contributed by atoms with Gasteiger partial charge in [0.1, 0.15) is 6.67 Å². The van der Waals surface area contributed by atoms with E-state index in [0.29, 0.717) is 23.4 Å². The van der Waals surface area contributed by atoms with E-state index in [-0.39, 0.29) is 24.0 Å². The largest absolute Gasteiger partial charge is 0.327 e. The summed E-state index contributed by atoms with van der Waals surface area (Å²) in [6, 6.07) is 5.85. The van der Waals surface area contributed by atoms with Crippen LogP contribution in [0.1, 0.15) is 33.4 Å². The standard InChI is InChI=1S/C17H17FN4O3S/c1-11-2-4-13-16(20-11)14-10-21(6-7-22(14)17(13)23)26(24,25)15-5-3-12(8-18)9-19-15/h2-5,9,14H,6-8,10H2,1H3. The van der Waals surface area contributed by atoms with Crippen LogP contribution in [0.15, 0.2) is 35.5 Å². The molecule has 0 N–H and O–H groups in total. The molecule has 0 bridgehead atoms. The van der Waals surface area contributed by atoms with Gasteiger partial charge in [-0.25, -0.2) is 17.8 Å². The fourth-order valence-corrected chi connectivity index (χ4v) is 4.74. The van der Waals surface area contributed by atoms with Crippen LogP contribution >= 0.6 is 0 Å². The lowest BCUT2D eigenvalue weighted by atomic mass is 10.1. The monoisotopic (exact) mass is 376 g/mol. The number of alkyl halides is 1. The summed E-state index contributed by atoms with van der Waals surface area (Å²) < 4.78 is 39.7. The smallest absolute Gasteiger partial charge is 0.260 e. The predicted octanol–water partition coefficient (Wildman–Crippen LogP) is 1.46. The van der Waals surface area contributed by atoms with Crippen LogP contribution in [-0.4, -0.2) is 53.1 Å². The highest BCUT2D eigenvalue weighted by Crippen LogP contribution is 2.36. The van der Waals surface area contributed by atoms with Crippen molar-refractivity contribution in [3.8, 4) is 0 Å². The van der Waals surface area contributed by atoms with E-state index in [1.807, 2.05) is 6.92 Å². The molecule has 1 amide bonds. The third kappa shape index (κ3) is 2.58. The van der Waals surface area contributed by atoms with E-state index in [4.69, 9.17) is 0 Å². The maximum absolute atomic E-state index is 12.9. The maximum atomic E-state index is 12.9. The lowest BCUT2D eigenvalue weighted by Gasteiger charge is -2.36. The average molecular weight is 376 g/mol. The molecule has 1 unspecified atom stereocenters. The minimum absolute atomic E-state index is 0.111. The molecule has 9 heteroatoms. The zero-order chi connectivity index (χ0) is 18.5. The van der Waals surface area contributed by atoms with Crippen LogP contribution in [0.4, 0.5) is 4.39 Å². The van der Waals surface area contributed by atoms with Gasteiger partial charge in [0.25, 0.3) is 15.9 Å². The van der Waals surface area contributed by atoms with Crippen molar-refractivity contribution in [2.45, 2.75) is 24.7 Å². The number of hydrogen-bond acceptors (Lipinski definition) is 5. The van der Waals surface area contributed by atoms with Gasteiger partial charge >= 0.3 is 0 Å². The second-order valence-corrected chi connectivity index (χ2v) is 8.29. The Labute approximate surface area is 150 Å². The average Bonchev–Trinajstić information content (AvgIpc) is 2.93. The van der Waals surface area contributed by atoms with Gasteiger partial charge in [0, 0.05) is 37.1 Å².